The van der Waals surface area contributed by atoms with Crippen LogP contribution in [0, 0.1) is 0 Å². The summed E-state index contributed by atoms with van der Waals surface area (Å²) in [5.74, 6) is -0.0431. The van der Waals surface area contributed by atoms with Crippen molar-refractivity contribution >= 4 is 43.8 Å². The number of carbonyl (C=O) groups excluding carboxylic acids is 1. The van der Waals surface area contributed by atoms with Gasteiger partial charge in [0.05, 0.1) is 37.3 Å². The van der Waals surface area contributed by atoms with Crippen LogP contribution in [0.2, 0.25) is 0 Å². The summed E-state index contributed by atoms with van der Waals surface area (Å²) >= 11 is 0. The lowest BCUT2D eigenvalue weighted by Crippen LogP contribution is -2.25. The van der Waals surface area contributed by atoms with E-state index >= 15 is 0 Å². The molecule has 0 aliphatic carbocycles. The Morgan fingerprint density at radius 3 is 2.03 bits per heavy atom. The third-order valence-electron chi connectivity index (χ3n) is 5.92. The minimum atomic E-state index is -4.13. The molecule has 0 radical (unpaired) electrons. The van der Waals surface area contributed by atoms with Gasteiger partial charge in [0.15, 0.2) is 17.1 Å². The van der Waals surface area contributed by atoms with Crippen LogP contribution in [0.5, 0.6) is 17.2 Å². The Morgan fingerprint density at radius 1 is 0.868 bits per heavy atom. The number of benzene rings is 3. The number of methoxy groups -OCH3 is 3. The summed E-state index contributed by atoms with van der Waals surface area (Å²) < 4.78 is 44.5. The zero-order valence-corrected chi connectivity index (χ0v) is 21.4. The number of aromatic nitrogens is 3. The Kier molecular flexibility index (Phi) is 6.25. The number of hydrogen-bond donors (Lipinski definition) is 2. The van der Waals surface area contributed by atoms with Gasteiger partial charge in [0.1, 0.15) is 16.2 Å². The first kappa shape index (κ1) is 24.8. The fourth-order valence-corrected chi connectivity index (χ4v) is 5.62. The number of carbonyl (C=O) groups is 1. The summed E-state index contributed by atoms with van der Waals surface area (Å²) in [6.45, 7) is 0. The summed E-state index contributed by atoms with van der Waals surface area (Å²) in [6.07, 6.45) is 0. The van der Waals surface area contributed by atoms with Crippen molar-refractivity contribution < 1.29 is 27.4 Å². The number of sulfone groups is 1. The lowest BCUT2D eigenvalue weighted by atomic mass is 10.1. The van der Waals surface area contributed by atoms with Gasteiger partial charge in [0.25, 0.3) is 5.91 Å². The quantitative estimate of drug-likeness (QED) is 0.321. The van der Waals surface area contributed by atoms with Gasteiger partial charge in [-0.2, -0.15) is 0 Å². The molecule has 0 fully saturated rings. The largest absolute Gasteiger partial charge is 0.493 e. The van der Waals surface area contributed by atoms with E-state index in [0.717, 1.165) is 4.68 Å². The molecule has 11 nitrogen and oxygen atoms in total. The molecule has 0 atom stereocenters. The highest BCUT2D eigenvalue weighted by Crippen LogP contribution is 2.39. The Balaban J connectivity index is 1.71. The molecule has 38 heavy (non-hydrogen) atoms. The Morgan fingerprint density at radius 2 is 1.45 bits per heavy atom. The van der Waals surface area contributed by atoms with E-state index in [1.54, 1.807) is 42.5 Å². The molecule has 0 saturated heterocycles. The fraction of sp³-hybridized carbons (Fsp3) is 0.115. The number of rotatable bonds is 7. The number of amides is 1. The molecule has 5 rings (SSSR count). The van der Waals surface area contributed by atoms with Crippen LogP contribution in [-0.2, 0) is 9.84 Å². The molecule has 0 aliphatic heterocycles. The first-order valence-electron chi connectivity index (χ1n) is 11.3. The lowest BCUT2D eigenvalue weighted by molar-refractivity contribution is 0.101. The molecule has 0 bridgehead atoms. The highest BCUT2D eigenvalue weighted by atomic mass is 32.2. The molecular weight excluding hydrogens is 510 g/mol. The van der Waals surface area contributed by atoms with Gasteiger partial charge in [-0.1, -0.05) is 30.3 Å². The van der Waals surface area contributed by atoms with Crippen LogP contribution >= 0.6 is 0 Å². The Bertz CT molecular complexity index is 1780. The van der Waals surface area contributed by atoms with E-state index in [1.165, 1.54) is 45.6 Å². The van der Waals surface area contributed by atoms with E-state index in [2.05, 4.69) is 15.4 Å². The van der Waals surface area contributed by atoms with Crippen LogP contribution in [0.4, 0.5) is 5.82 Å². The highest BCUT2D eigenvalue weighted by Gasteiger charge is 2.31. The van der Waals surface area contributed by atoms with Crippen LogP contribution < -0.4 is 25.4 Å². The summed E-state index contributed by atoms with van der Waals surface area (Å²) in [6, 6.07) is 17.7. The zero-order chi connectivity index (χ0) is 27.0. The van der Waals surface area contributed by atoms with Gasteiger partial charge in [-0.25, -0.2) is 23.1 Å². The average Bonchev–Trinajstić information content (AvgIpc) is 3.21. The second-order valence-corrected chi connectivity index (χ2v) is 9.99. The molecule has 12 heteroatoms. The van der Waals surface area contributed by atoms with Crippen LogP contribution in [0.3, 0.4) is 0 Å². The average molecular weight is 534 g/mol. The van der Waals surface area contributed by atoms with Crippen molar-refractivity contribution in [1.29, 1.82) is 0 Å². The van der Waals surface area contributed by atoms with E-state index in [1.807, 2.05) is 0 Å². The lowest BCUT2D eigenvalue weighted by Gasteiger charge is -2.15. The molecule has 0 saturated carbocycles. The maximum Gasteiger partial charge on any atom is 0.270 e. The monoisotopic (exact) mass is 533 g/mol. The summed E-state index contributed by atoms with van der Waals surface area (Å²) in [5, 5.41) is 0. The Hall–Kier alpha value is -4.84. The van der Waals surface area contributed by atoms with Crippen molar-refractivity contribution in [1.82, 2.24) is 14.6 Å². The summed E-state index contributed by atoms with van der Waals surface area (Å²) in [7, 11) is 0.175. The number of ether oxygens (including phenoxy) is 3. The van der Waals surface area contributed by atoms with Crippen molar-refractivity contribution in [3.8, 4) is 17.2 Å². The van der Waals surface area contributed by atoms with Crippen LogP contribution in [-0.4, -0.2) is 50.3 Å². The second kappa shape index (κ2) is 9.56. The van der Waals surface area contributed by atoms with Crippen molar-refractivity contribution in [3.63, 3.8) is 0 Å². The van der Waals surface area contributed by atoms with E-state index in [0.29, 0.717) is 16.8 Å². The first-order chi connectivity index (χ1) is 18.3. The number of hydrogen-bond acceptors (Lipinski definition) is 9. The van der Waals surface area contributed by atoms with Gasteiger partial charge < -0.3 is 19.9 Å². The van der Waals surface area contributed by atoms with Gasteiger partial charge in [0.2, 0.25) is 15.6 Å². The van der Waals surface area contributed by atoms with Gasteiger partial charge in [0, 0.05) is 5.56 Å². The molecule has 3 N–H and O–H groups in total. The number of nitrogen functional groups attached to an aromatic ring is 1. The van der Waals surface area contributed by atoms with Gasteiger partial charge in [-0.05, 0) is 36.4 Å². The molecule has 2 aromatic heterocycles. The van der Waals surface area contributed by atoms with Gasteiger partial charge in [-0.3, -0.25) is 10.2 Å². The smallest absolute Gasteiger partial charge is 0.270 e. The van der Waals surface area contributed by atoms with Gasteiger partial charge in [-0.15, -0.1) is 0 Å². The van der Waals surface area contributed by atoms with Gasteiger partial charge >= 0.3 is 0 Å². The minimum Gasteiger partial charge on any atom is -0.493 e. The van der Waals surface area contributed by atoms with E-state index in [4.69, 9.17) is 19.9 Å². The molecule has 194 valence electrons. The van der Waals surface area contributed by atoms with Crippen molar-refractivity contribution in [3.05, 3.63) is 72.3 Å². The van der Waals surface area contributed by atoms with Crippen molar-refractivity contribution in [2.24, 2.45) is 0 Å². The van der Waals surface area contributed by atoms with Crippen molar-refractivity contribution in [2.45, 2.75) is 9.79 Å². The van der Waals surface area contributed by atoms with Crippen LogP contribution in [0.1, 0.15) is 10.4 Å². The number of nitrogens with zero attached hydrogens (tertiary/aromatic N) is 3. The molecule has 0 spiro atoms. The normalized spacial score (nSPS) is 11.4. The number of para-hydroxylation sites is 2. The molecular formula is C26H23N5O6S. The zero-order valence-electron chi connectivity index (χ0n) is 20.6. The number of nitrogens with one attached hydrogen (secondary N) is 1. The summed E-state index contributed by atoms with van der Waals surface area (Å²) in [5.41, 5.74) is 10.2. The molecule has 0 aliphatic rings. The molecule has 3 aromatic carbocycles. The highest BCUT2D eigenvalue weighted by molar-refractivity contribution is 7.92. The predicted molar refractivity (Wildman–Crippen MR) is 141 cm³/mol. The number of nitrogens with two attached hydrogens (primary N) is 1. The van der Waals surface area contributed by atoms with Crippen molar-refractivity contribution in [2.75, 3.05) is 32.5 Å². The third kappa shape index (κ3) is 4.00. The topological polar surface area (TPSA) is 148 Å². The third-order valence-corrected chi connectivity index (χ3v) is 7.75. The number of fused-ring (bicyclic) bond motifs is 2. The molecule has 1 amide bonds. The second-order valence-electron chi connectivity index (χ2n) is 8.11. The molecule has 0 unspecified atom stereocenters. The van der Waals surface area contributed by atoms with E-state index < -0.39 is 15.7 Å². The fourth-order valence-electron chi connectivity index (χ4n) is 4.11. The predicted octanol–water partition coefficient (Wildman–Crippen LogP) is 3.41. The maximum absolute atomic E-state index is 13.7. The minimum absolute atomic E-state index is 0.0234. The SMILES string of the molecule is COc1cc(C(=O)Nn2c(N)c(S(=O)(=O)c3ccccc3)c3nc4ccccc4nc32)cc(OC)c1OC. The molecule has 5 aromatic rings. The maximum atomic E-state index is 13.7. The van der Waals surface area contributed by atoms with Crippen LogP contribution in [0.15, 0.2) is 76.5 Å². The Labute approximate surface area is 217 Å². The summed E-state index contributed by atoms with van der Waals surface area (Å²) in [4.78, 5) is 22.3. The standard InChI is InChI=1S/C26H23N5O6S/c1-35-19-13-15(14-20(36-2)22(19)37-3)26(32)30-31-24(27)23(38(33,34)16-9-5-4-6-10-16)21-25(31)29-18-12-8-7-11-17(18)28-21/h4-14H,27H2,1-3H3,(H,30,32). The molecule has 2 heterocycles. The van der Waals surface area contributed by atoms with E-state index in [9.17, 15) is 13.2 Å². The first-order valence-corrected chi connectivity index (χ1v) is 12.8. The van der Waals surface area contributed by atoms with E-state index in [-0.39, 0.29) is 43.8 Å². The number of anilines is 1. The van der Waals surface area contributed by atoms with Crippen LogP contribution in [0.25, 0.3) is 22.2 Å².